The van der Waals surface area contributed by atoms with E-state index in [1.54, 1.807) is 47.7 Å². The molecular weight excluding hydrogens is 397 g/mol. The molecule has 3 aromatic carbocycles. The van der Waals surface area contributed by atoms with Gasteiger partial charge in [0.1, 0.15) is 0 Å². The van der Waals surface area contributed by atoms with Gasteiger partial charge in [-0.3, -0.25) is 4.79 Å². The first-order valence-electron chi connectivity index (χ1n) is 8.76. The number of carbonyl (C=O) groups excluding carboxylic acids is 1. The molecule has 4 aromatic rings. The molecule has 0 spiro atoms. The van der Waals surface area contributed by atoms with Gasteiger partial charge in [-0.15, -0.1) is 11.3 Å². The second kappa shape index (κ2) is 7.33. The molecule has 1 aromatic heterocycles. The smallest absolute Gasteiger partial charge is 0.322 e. The van der Waals surface area contributed by atoms with Gasteiger partial charge in [0.2, 0.25) is 0 Å². The second-order valence-electron chi connectivity index (χ2n) is 6.49. The largest absolute Gasteiger partial charge is 0.416 e. The molecule has 0 fully saturated rings. The summed E-state index contributed by atoms with van der Waals surface area (Å²) >= 11 is 1.57. The van der Waals surface area contributed by atoms with E-state index in [0.29, 0.717) is 22.4 Å². The highest BCUT2D eigenvalue weighted by Gasteiger charge is 2.30. The van der Waals surface area contributed by atoms with Crippen LogP contribution in [0.2, 0.25) is 0 Å². The molecule has 0 aliphatic rings. The minimum absolute atomic E-state index is 0.341. The lowest BCUT2D eigenvalue weighted by Gasteiger charge is -2.12. The molecule has 0 bridgehead atoms. The van der Waals surface area contributed by atoms with Crippen LogP contribution in [0.25, 0.3) is 21.3 Å². The van der Waals surface area contributed by atoms with Crippen molar-refractivity contribution >= 4 is 33.1 Å². The number of hydrogen-bond acceptors (Lipinski definition) is 3. The highest BCUT2D eigenvalue weighted by Crippen LogP contribution is 2.32. The van der Waals surface area contributed by atoms with Crippen LogP contribution in [-0.2, 0) is 6.18 Å². The van der Waals surface area contributed by atoms with Gasteiger partial charge in [0.25, 0.3) is 5.91 Å². The molecule has 1 N–H and O–H groups in total. The summed E-state index contributed by atoms with van der Waals surface area (Å²) in [6.45, 7) is 1.92. The van der Waals surface area contributed by atoms with Crippen molar-refractivity contribution < 1.29 is 18.0 Å². The number of aryl methyl sites for hydroxylation is 1. The minimum atomic E-state index is -4.40. The monoisotopic (exact) mass is 412 g/mol. The lowest BCUT2D eigenvalue weighted by atomic mass is 9.98. The van der Waals surface area contributed by atoms with E-state index in [1.165, 1.54) is 12.1 Å². The number of amides is 1. The number of thiazole rings is 1. The van der Waals surface area contributed by atoms with Crippen LogP contribution in [0.1, 0.15) is 20.9 Å². The third-order valence-electron chi connectivity index (χ3n) is 4.45. The van der Waals surface area contributed by atoms with E-state index in [2.05, 4.69) is 10.3 Å². The van der Waals surface area contributed by atoms with Crippen LogP contribution >= 0.6 is 11.3 Å². The number of alkyl halides is 3. The van der Waals surface area contributed by atoms with Crippen molar-refractivity contribution in [2.75, 3.05) is 5.32 Å². The predicted octanol–water partition coefficient (Wildman–Crippen LogP) is 6.54. The van der Waals surface area contributed by atoms with E-state index in [1.807, 2.05) is 13.0 Å². The van der Waals surface area contributed by atoms with Crippen LogP contribution < -0.4 is 5.32 Å². The number of fused-ring (bicyclic) bond motifs is 1. The van der Waals surface area contributed by atoms with Gasteiger partial charge in [0.15, 0.2) is 0 Å². The van der Waals surface area contributed by atoms with E-state index < -0.39 is 11.7 Å². The van der Waals surface area contributed by atoms with Crippen molar-refractivity contribution in [1.29, 1.82) is 0 Å². The number of carbonyl (C=O) groups is 1. The number of nitrogens with zero attached hydrogens (tertiary/aromatic N) is 1. The van der Waals surface area contributed by atoms with Crippen LogP contribution in [0, 0.1) is 6.92 Å². The van der Waals surface area contributed by atoms with Crippen LogP contribution in [0.4, 0.5) is 18.9 Å². The molecule has 0 radical (unpaired) electrons. The van der Waals surface area contributed by atoms with Gasteiger partial charge in [-0.2, -0.15) is 13.2 Å². The van der Waals surface area contributed by atoms with Crippen LogP contribution in [0.5, 0.6) is 0 Å². The molecule has 0 unspecified atom stereocenters. The van der Waals surface area contributed by atoms with E-state index in [-0.39, 0.29) is 5.91 Å². The number of halogens is 3. The Morgan fingerprint density at radius 1 is 1.00 bits per heavy atom. The molecule has 1 amide bonds. The zero-order chi connectivity index (χ0) is 20.6. The molecular formula is C22H15F3N2OS. The van der Waals surface area contributed by atoms with E-state index >= 15 is 0 Å². The molecule has 0 aliphatic carbocycles. The van der Waals surface area contributed by atoms with Gasteiger partial charge < -0.3 is 5.32 Å². The maximum Gasteiger partial charge on any atom is 0.416 e. The number of aromatic nitrogens is 1. The Morgan fingerprint density at radius 3 is 2.45 bits per heavy atom. The molecule has 0 saturated carbocycles. The zero-order valence-corrected chi connectivity index (χ0v) is 16.1. The van der Waals surface area contributed by atoms with Gasteiger partial charge in [-0.1, -0.05) is 30.3 Å². The van der Waals surface area contributed by atoms with Crippen molar-refractivity contribution in [3.05, 3.63) is 82.9 Å². The number of benzene rings is 3. The van der Waals surface area contributed by atoms with Gasteiger partial charge >= 0.3 is 6.18 Å². The van der Waals surface area contributed by atoms with E-state index in [0.717, 1.165) is 27.4 Å². The number of hydrogen-bond donors (Lipinski definition) is 1. The summed E-state index contributed by atoms with van der Waals surface area (Å²) in [7, 11) is 0. The summed E-state index contributed by atoms with van der Waals surface area (Å²) in [4.78, 5) is 17.3. The van der Waals surface area contributed by atoms with Crippen LogP contribution in [0.3, 0.4) is 0 Å². The first kappa shape index (κ1) is 19.1. The van der Waals surface area contributed by atoms with Crippen molar-refractivity contribution in [2.24, 2.45) is 0 Å². The number of nitrogens with one attached hydrogen (secondary N) is 1. The number of anilines is 1. The topological polar surface area (TPSA) is 42.0 Å². The van der Waals surface area contributed by atoms with Crippen molar-refractivity contribution in [2.45, 2.75) is 13.1 Å². The standard InChI is InChI=1S/C22H15F3N2OS/c1-13-26-19-12-16(10-11-20(19)29-13)27-21(28)18-5-3-2-4-17(18)14-6-8-15(9-7-14)22(23,24)25/h2-12H,1H3,(H,27,28). The third kappa shape index (κ3) is 4.00. The van der Waals surface area contributed by atoms with Gasteiger partial charge in [-0.25, -0.2) is 4.98 Å². The number of rotatable bonds is 3. The summed E-state index contributed by atoms with van der Waals surface area (Å²) in [6.07, 6.45) is -4.40. The Morgan fingerprint density at radius 2 is 1.72 bits per heavy atom. The predicted molar refractivity (Wildman–Crippen MR) is 109 cm³/mol. The molecule has 0 saturated heterocycles. The second-order valence-corrected chi connectivity index (χ2v) is 7.72. The molecule has 146 valence electrons. The molecule has 29 heavy (non-hydrogen) atoms. The normalized spacial score (nSPS) is 11.6. The fourth-order valence-corrected chi connectivity index (χ4v) is 3.90. The first-order valence-corrected chi connectivity index (χ1v) is 9.58. The average molecular weight is 412 g/mol. The van der Waals surface area contributed by atoms with Crippen LogP contribution in [-0.4, -0.2) is 10.9 Å². The zero-order valence-electron chi connectivity index (χ0n) is 15.2. The molecule has 0 aliphatic heterocycles. The fraction of sp³-hybridized carbons (Fsp3) is 0.0909. The lowest BCUT2D eigenvalue weighted by Crippen LogP contribution is -2.13. The Bertz CT molecular complexity index is 1200. The van der Waals surface area contributed by atoms with Crippen molar-refractivity contribution in [3.63, 3.8) is 0 Å². The Balaban J connectivity index is 1.64. The molecule has 0 atom stereocenters. The summed E-state index contributed by atoms with van der Waals surface area (Å²) < 4.78 is 39.5. The lowest BCUT2D eigenvalue weighted by molar-refractivity contribution is -0.137. The minimum Gasteiger partial charge on any atom is -0.322 e. The van der Waals surface area contributed by atoms with Crippen LogP contribution in [0.15, 0.2) is 66.7 Å². The van der Waals surface area contributed by atoms with Gasteiger partial charge in [0, 0.05) is 11.3 Å². The fourth-order valence-electron chi connectivity index (χ4n) is 3.09. The van der Waals surface area contributed by atoms with E-state index in [9.17, 15) is 18.0 Å². The summed E-state index contributed by atoms with van der Waals surface area (Å²) in [5.41, 5.74) is 2.16. The molecule has 1 heterocycles. The SMILES string of the molecule is Cc1nc2cc(NC(=O)c3ccccc3-c3ccc(C(F)(F)F)cc3)ccc2s1. The maximum atomic E-state index is 12.9. The Hall–Kier alpha value is -3.19. The highest BCUT2D eigenvalue weighted by molar-refractivity contribution is 7.18. The maximum absolute atomic E-state index is 12.9. The molecule has 3 nitrogen and oxygen atoms in total. The average Bonchev–Trinajstić information content (AvgIpc) is 3.06. The Kier molecular flexibility index (Phi) is 4.84. The third-order valence-corrected chi connectivity index (χ3v) is 5.40. The Labute approximate surface area is 168 Å². The van der Waals surface area contributed by atoms with Crippen molar-refractivity contribution in [1.82, 2.24) is 4.98 Å². The first-order chi connectivity index (χ1) is 13.8. The summed E-state index contributed by atoms with van der Waals surface area (Å²) in [5.74, 6) is -0.341. The highest BCUT2D eigenvalue weighted by atomic mass is 32.1. The summed E-state index contributed by atoms with van der Waals surface area (Å²) in [5, 5.41) is 3.79. The van der Waals surface area contributed by atoms with Gasteiger partial charge in [0.05, 0.1) is 20.8 Å². The molecule has 4 rings (SSSR count). The molecule has 7 heteroatoms. The van der Waals surface area contributed by atoms with Gasteiger partial charge in [-0.05, 0) is 54.4 Å². The van der Waals surface area contributed by atoms with Crippen molar-refractivity contribution in [3.8, 4) is 11.1 Å². The van der Waals surface area contributed by atoms with E-state index in [4.69, 9.17) is 0 Å². The quantitative estimate of drug-likeness (QED) is 0.415. The summed E-state index contributed by atoms with van der Waals surface area (Å²) in [6, 6.07) is 17.1.